The van der Waals surface area contributed by atoms with Gasteiger partial charge in [-0.2, -0.15) is 0 Å². The van der Waals surface area contributed by atoms with Gasteiger partial charge in [-0.1, -0.05) is 12.1 Å². The summed E-state index contributed by atoms with van der Waals surface area (Å²) in [5.41, 5.74) is 0.324. The van der Waals surface area contributed by atoms with Crippen molar-refractivity contribution in [2.75, 3.05) is 18.5 Å². The highest BCUT2D eigenvalue weighted by atomic mass is 19.4. The van der Waals surface area contributed by atoms with Crippen molar-refractivity contribution in [3.8, 4) is 5.75 Å². The predicted octanol–water partition coefficient (Wildman–Crippen LogP) is 3.18. The fourth-order valence-electron chi connectivity index (χ4n) is 1.86. The first-order chi connectivity index (χ1) is 8.54. The molecule has 0 amide bonds. The van der Waals surface area contributed by atoms with Crippen LogP contribution in [0.25, 0.3) is 0 Å². The first-order valence-electron chi connectivity index (χ1n) is 5.75. The van der Waals surface area contributed by atoms with E-state index in [2.05, 4.69) is 10.1 Å². The molecule has 1 aliphatic heterocycles. The topological polar surface area (TPSA) is 30.5 Å². The maximum Gasteiger partial charge on any atom is 0.573 e. The number of halogens is 3. The fraction of sp³-hybridized carbons (Fsp3) is 0.500. The third-order valence-electron chi connectivity index (χ3n) is 2.66. The van der Waals surface area contributed by atoms with Gasteiger partial charge in [0.2, 0.25) is 0 Å². The summed E-state index contributed by atoms with van der Waals surface area (Å²) >= 11 is 0. The van der Waals surface area contributed by atoms with Gasteiger partial charge < -0.3 is 14.8 Å². The number of benzene rings is 1. The Kier molecular flexibility index (Phi) is 3.96. The van der Waals surface area contributed by atoms with Gasteiger partial charge in [-0.3, -0.25) is 0 Å². The first kappa shape index (κ1) is 13.0. The molecular formula is C12H14F3NO2. The molecule has 1 aromatic carbocycles. The Balaban J connectivity index is 1.98. The SMILES string of the molecule is FC(F)(F)Oc1ccccc1NCC1CCCO1. The van der Waals surface area contributed by atoms with Crippen LogP contribution in [0, 0.1) is 0 Å². The summed E-state index contributed by atoms with van der Waals surface area (Å²) in [5.74, 6) is -0.219. The van der Waals surface area contributed by atoms with Crippen LogP contribution in [-0.4, -0.2) is 25.6 Å². The van der Waals surface area contributed by atoms with E-state index in [1.165, 1.54) is 12.1 Å². The molecule has 0 spiro atoms. The van der Waals surface area contributed by atoms with Gasteiger partial charge >= 0.3 is 6.36 Å². The van der Waals surface area contributed by atoms with E-state index in [-0.39, 0.29) is 11.9 Å². The molecule has 6 heteroatoms. The highest BCUT2D eigenvalue weighted by Gasteiger charge is 2.32. The zero-order valence-corrected chi connectivity index (χ0v) is 9.67. The van der Waals surface area contributed by atoms with E-state index < -0.39 is 6.36 Å². The maximum absolute atomic E-state index is 12.2. The Hall–Kier alpha value is -1.43. The van der Waals surface area contributed by atoms with Gasteiger partial charge in [-0.25, -0.2) is 0 Å². The van der Waals surface area contributed by atoms with Crippen LogP contribution in [0.3, 0.4) is 0 Å². The van der Waals surface area contributed by atoms with Crippen LogP contribution >= 0.6 is 0 Å². The second-order valence-corrected chi connectivity index (χ2v) is 4.06. The van der Waals surface area contributed by atoms with Crippen molar-refractivity contribution in [2.45, 2.75) is 25.3 Å². The standard InChI is InChI=1S/C12H14F3NO2/c13-12(14,15)18-11-6-2-1-5-10(11)16-8-9-4-3-7-17-9/h1-2,5-6,9,16H,3-4,7-8H2. The van der Waals surface area contributed by atoms with Gasteiger partial charge in [0.05, 0.1) is 11.8 Å². The zero-order chi connectivity index (χ0) is 13.0. The van der Waals surface area contributed by atoms with Gasteiger partial charge in [0, 0.05) is 13.2 Å². The van der Waals surface area contributed by atoms with Gasteiger partial charge in [0.15, 0.2) is 5.75 Å². The normalized spacial score (nSPS) is 19.8. The van der Waals surface area contributed by atoms with E-state index >= 15 is 0 Å². The molecule has 2 rings (SSSR count). The summed E-state index contributed by atoms with van der Waals surface area (Å²) in [6, 6.07) is 5.99. The lowest BCUT2D eigenvalue weighted by Gasteiger charge is -2.16. The van der Waals surface area contributed by atoms with Crippen LogP contribution in [0.2, 0.25) is 0 Å². The molecule has 3 nitrogen and oxygen atoms in total. The van der Waals surface area contributed by atoms with Crippen molar-refractivity contribution in [1.82, 2.24) is 0 Å². The first-order valence-corrected chi connectivity index (χ1v) is 5.75. The van der Waals surface area contributed by atoms with Crippen molar-refractivity contribution in [3.63, 3.8) is 0 Å². The third-order valence-corrected chi connectivity index (χ3v) is 2.66. The lowest BCUT2D eigenvalue weighted by molar-refractivity contribution is -0.274. The van der Waals surface area contributed by atoms with Crippen molar-refractivity contribution in [2.24, 2.45) is 0 Å². The predicted molar refractivity (Wildman–Crippen MR) is 60.6 cm³/mol. The van der Waals surface area contributed by atoms with Gasteiger partial charge in [0.1, 0.15) is 0 Å². The Morgan fingerprint density at radius 3 is 2.78 bits per heavy atom. The number of hydrogen-bond acceptors (Lipinski definition) is 3. The van der Waals surface area contributed by atoms with E-state index in [0.29, 0.717) is 18.8 Å². The van der Waals surface area contributed by atoms with E-state index in [0.717, 1.165) is 12.8 Å². The average Bonchev–Trinajstić information content (AvgIpc) is 2.79. The molecule has 0 aliphatic carbocycles. The number of para-hydroxylation sites is 2. The maximum atomic E-state index is 12.2. The summed E-state index contributed by atoms with van der Waals surface area (Å²) in [4.78, 5) is 0. The molecule has 100 valence electrons. The van der Waals surface area contributed by atoms with Crippen LogP contribution in [0.4, 0.5) is 18.9 Å². The lowest BCUT2D eigenvalue weighted by atomic mass is 10.2. The van der Waals surface area contributed by atoms with Crippen LogP contribution < -0.4 is 10.1 Å². The van der Waals surface area contributed by atoms with E-state index in [4.69, 9.17) is 4.74 Å². The number of nitrogens with one attached hydrogen (secondary N) is 1. The highest BCUT2D eigenvalue weighted by molar-refractivity contribution is 5.56. The number of hydrogen-bond donors (Lipinski definition) is 1. The van der Waals surface area contributed by atoms with Crippen LogP contribution in [-0.2, 0) is 4.74 Å². The largest absolute Gasteiger partial charge is 0.573 e. The van der Waals surface area contributed by atoms with E-state index in [9.17, 15) is 13.2 Å². The Morgan fingerprint density at radius 1 is 1.33 bits per heavy atom. The number of alkyl halides is 3. The minimum absolute atomic E-state index is 0.0592. The summed E-state index contributed by atoms with van der Waals surface area (Å²) in [6.07, 6.45) is -2.70. The van der Waals surface area contributed by atoms with Gasteiger partial charge in [0.25, 0.3) is 0 Å². The number of anilines is 1. The molecular weight excluding hydrogens is 247 g/mol. The second-order valence-electron chi connectivity index (χ2n) is 4.06. The molecule has 1 aliphatic rings. The fourth-order valence-corrected chi connectivity index (χ4v) is 1.86. The summed E-state index contributed by atoms with van der Waals surface area (Å²) in [5, 5.41) is 2.93. The van der Waals surface area contributed by atoms with Crippen molar-refractivity contribution < 1.29 is 22.6 Å². The monoisotopic (exact) mass is 261 g/mol. The van der Waals surface area contributed by atoms with E-state index in [1.807, 2.05) is 0 Å². The Bertz CT molecular complexity index is 389. The highest BCUT2D eigenvalue weighted by Crippen LogP contribution is 2.30. The van der Waals surface area contributed by atoms with Crippen LogP contribution in [0.5, 0.6) is 5.75 Å². The van der Waals surface area contributed by atoms with Crippen molar-refractivity contribution >= 4 is 5.69 Å². The summed E-state index contributed by atoms with van der Waals surface area (Å²) in [6.45, 7) is 1.20. The average molecular weight is 261 g/mol. The summed E-state index contributed by atoms with van der Waals surface area (Å²) in [7, 11) is 0. The number of rotatable bonds is 4. The number of ether oxygens (including phenoxy) is 2. The zero-order valence-electron chi connectivity index (χ0n) is 9.67. The molecule has 1 aromatic rings. The molecule has 18 heavy (non-hydrogen) atoms. The van der Waals surface area contributed by atoms with Crippen molar-refractivity contribution in [3.05, 3.63) is 24.3 Å². The Morgan fingerprint density at radius 2 is 2.11 bits per heavy atom. The molecule has 1 N–H and O–H groups in total. The summed E-state index contributed by atoms with van der Waals surface area (Å²) < 4.78 is 45.9. The van der Waals surface area contributed by atoms with Gasteiger partial charge in [-0.05, 0) is 25.0 Å². The quantitative estimate of drug-likeness (QED) is 0.903. The second kappa shape index (κ2) is 5.48. The third kappa shape index (κ3) is 3.80. The molecule has 0 bridgehead atoms. The van der Waals surface area contributed by atoms with E-state index in [1.54, 1.807) is 12.1 Å². The minimum atomic E-state index is -4.68. The molecule has 1 saturated heterocycles. The Labute approximate surface area is 103 Å². The molecule has 0 radical (unpaired) electrons. The van der Waals surface area contributed by atoms with Gasteiger partial charge in [-0.15, -0.1) is 13.2 Å². The molecule has 1 fully saturated rings. The van der Waals surface area contributed by atoms with Crippen LogP contribution in [0.15, 0.2) is 24.3 Å². The molecule has 1 heterocycles. The van der Waals surface area contributed by atoms with Crippen molar-refractivity contribution in [1.29, 1.82) is 0 Å². The smallest absolute Gasteiger partial charge is 0.404 e. The molecule has 1 atom stereocenters. The molecule has 0 saturated carbocycles. The molecule has 1 unspecified atom stereocenters. The lowest BCUT2D eigenvalue weighted by Crippen LogP contribution is -2.21. The minimum Gasteiger partial charge on any atom is -0.404 e. The molecule has 0 aromatic heterocycles. The van der Waals surface area contributed by atoms with Crippen LogP contribution in [0.1, 0.15) is 12.8 Å².